The Labute approximate surface area is 111 Å². The van der Waals surface area contributed by atoms with Gasteiger partial charge in [0.05, 0.1) is 10.6 Å². The summed E-state index contributed by atoms with van der Waals surface area (Å²) in [6, 6.07) is 1.56. The molecule has 5 nitrogen and oxygen atoms in total. The van der Waals surface area contributed by atoms with Gasteiger partial charge in [-0.1, -0.05) is 24.4 Å². The minimum Gasteiger partial charge on any atom is -0.352 e. The lowest BCUT2D eigenvalue weighted by Gasteiger charge is -2.06. The Morgan fingerprint density at radius 3 is 2.94 bits per heavy atom. The average Bonchev–Trinajstić information content (AvgIpc) is 3.18. The number of nitrogens with two attached hydrogens (primary N) is 1. The van der Waals surface area contributed by atoms with Gasteiger partial charge in [0, 0.05) is 12.7 Å². The number of hydrazine groups is 1. The quantitative estimate of drug-likeness (QED) is 0.418. The number of pyridine rings is 1. The van der Waals surface area contributed by atoms with Crippen LogP contribution in [-0.2, 0) is 0 Å². The molecular weight excluding hydrogens is 252 g/mol. The molecule has 0 saturated heterocycles. The third kappa shape index (κ3) is 3.58. The molecule has 1 aromatic rings. The number of halogens is 1. The van der Waals surface area contributed by atoms with Gasteiger partial charge in [0.2, 0.25) is 0 Å². The summed E-state index contributed by atoms with van der Waals surface area (Å²) >= 11 is 5.90. The van der Waals surface area contributed by atoms with Crippen LogP contribution in [0.15, 0.2) is 12.3 Å². The molecule has 1 amide bonds. The average molecular weight is 269 g/mol. The molecule has 1 aliphatic rings. The lowest BCUT2D eigenvalue weighted by molar-refractivity contribution is 0.0952. The van der Waals surface area contributed by atoms with Gasteiger partial charge in [0.15, 0.2) is 5.82 Å². The second-order valence-electron chi connectivity index (χ2n) is 4.54. The van der Waals surface area contributed by atoms with Crippen LogP contribution < -0.4 is 16.6 Å². The molecule has 1 fully saturated rings. The zero-order valence-corrected chi connectivity index (χ0v) is 10.8. The van der Waals surface area contributed by atoms with Gasteiger partial charge in [0.1, 0.15) is 0 Å². The van der Waals surface area contributed by atoms with E-state index in [1.54, 1.807) is 6.07 Å². The maximum atomic E-state index is 11.8. The summed E-state index contributed by atoms with van der Waals surface area (Å²) < 4.78 is 0. The first-order chi connectivity index (χ1) is 8.70. The van der Waals surface area contributed by atoms with E-state index in [1.807, 2.05) is 0 Å². The maximum Gasteiger partial charge on any atom is 0.252 e. The standard InChI is InChI=1S/C12H17ClN4O/c13-10-6-9(7-16-11(10)17-14)12(18)15-5-1-2-8-3-4-8/h6-8H,1-5,14H2,(H,15,18)(H,16,17). The molecule has 2 rings (SSSR count). The molecule has 1 heterocycles. The number of anilines is 1. The molecule has 0 aliphatic heterocycles. The van der Waals surface area contributed by atoms with E-state index in [4.69, 9.17) is 17.4 Å². The van der Waals surface area contributed by atoms with Crippen molar-refractivity contribution in [2.45, 2.75) is 25.7 Å². The number of hydrogen-bond acceptors (Lipinski definition) is 4. The van der Waals surface area contributed by atoms with E-state index in [-0.39, 0.29) is 5.91 Å². The summed E-state index contributed by atoms with van der Waals surface area (Å²) in [5, 5.41) is 3.19. The van der Waals surface area contributed by atoms with Gasteiger partial charge in [-0.15, -0.1) is 0 Å². The molecule has 0 radical (unpaired) electrons. The second-order valence-corrected chi connectivity index (χ2v) is 4.95. The van der Waals surface area contributed by atoms with Crippen molar-refractivity contribution in [3.63, 3.8) is 0 Å². The summed E-state index contributed by atoms with van der Waals surface area (Å²) in [4.78, 5) is 15.8. The van der Waals surface area contributed by atoms with Crippen LogP contribution in [0.1, 0.15) is 36.0 Å². The summed E-state index contributed by atoms with van der Waals surface area (Å²) in [6.07, 6.45) is 6.38. The Balaban J connectivity index is 1.81. The Bertz CT molecular complexity index is 434. The largest absolute Gasteiger partial charge is 0.352 e. The number of aromatic nitrogens is 1. The normalized spacial score (nSPS) is 14.3. The smallest absolute Gasteiger partial charge is 0.252 e. The van der Waals surface area contributed by atoms with Crippen LogP contribution in [0, 0.1) is 5.92 Å². The number of rotatable bonds is 6. The predicted molar refractivity (Wildman–Crippen MR) is 71.3 cm³/mol. The fourth-order valence-corrected chi connectivity index (χ4v) is 1.99. The highest BCUT2D eigenvalue weighted by molar-refractivity contribution is 6.33. The number of carbonyl (C=O) groups excluding carboxylic acids is 1. The first-order valence-electron chi connectivity index (χ1n) is 6.11. The van der Waals surface area contributed by atoms with E-state index in [9.17, 15) is 4.79 Å². The van der Waals surface area contributed by atoms with Gasteiger partial charge in [-0.2, -0.15) is 0 Å². The van der Waals surface area contributed by atoms with Crippen molar-refractivity contribution in [2.75, 3.05) is 12.0 Å². The number of amides is 1. The molecule has 0 unspecified atom stereocenters. The summed E-state index contributed by atoms with van der Waals surface area (Å²) in [5.41, 5.74) is 2.81. The number of nitrogens with zero attached hydrogens (tertiary/aromatic N) is 1. The summed E-state index contributed by atoms with van der Waals surface area (Å²) in [6.45, 7) is 0.698. The molecule has 1 aliphatic carbocycles. The molecule has 0 aromatic carbocycles. The van der Waals surface area contributed by atoms with Gasteiger partial charge in [-0.05, 0) is 24.8 Å². The molecular formula is C12H17ClN4O. The molecule has 1 saturated carbocycles. The van der Waals surface area contributed by atoms with Crippen LogP contribution in [-0.4, -0.2) is 17.4 Å². The lowest BCUT2D eigenvalue weighted by atomic mass is 10.2. The SMILES string of the molecule is NNc1ncc(C(=O)NCCCC2CC2)cc1Cl. The molecule has 0 spiro atoms. The van der Waals surface area contributed by atoms with Crippen molar-refractivity contribution in [3.05, 3.63) is 22.8 Å². The Morgan fingerprint density at radius 1 is 1.56 bits per heavy atom. The third-order valence-corrected chi connectivity index (χ3v) is 3.30. The van der Waals surface area contributed by atoms with Crippen LogP contribution in [0.4, 0.5) is 5.82 Å². The van der Waals surface area contributed by atoms with Crippen LogP contribution in [0.25, 0.3) is 0 Å². The minimum atomic E-state index is -0.149. The molecule has 0 atom stereocenters. The Morgan fingerprint density at radius 2 is 2.33 bits per heavy atom. The summed E-state index contributed by atoms with van der Waals surface area (Å²) in [5.74, 6) is 6.32. The number of hydrogen-bond donors (Lipinski definition) is 3. The first kappa shape index (κ1) is 13.1. The lowest BCUT2D eigenvalue weighted by Crippen LogP contribution is -2.24. The fourth-order valence-electron chi connectivity index (χ4n) is 1.77. The van der Waals surface area contributed by atoms with Crippen molar-refractivity contribution in [3.8, 4) is 0 Å². The summed E-state index contributed by atoms with van der Waals surface area (Å²) in [7, 11) is 0. The van der Waals surface area contributed by atoms with Crippen LogP contribution in [0.5, 0.6) is 0 Å². The van der Waals surface area contributed by atoms with Crippen molar-refractivity contribution in [1.29, 1.82) is 0 Å². The van der Waals surface area contributed by atoms with Gasteiger partial charge in [-0.25, -0.2) is 10.8 Å². The topological polar surface area (TPSA) is 80.0 Å². The van der Waals surface area contributed by atoms with Crippen molar-refractivity contribution >= 4 is 23.3 Å². The van der Waals surface area contributed by atoms with Gasteiger partial charge in [-0.3, -0.25) is 4.79 Å². The molecule has 6 heteroatoms. The molecule has 18 heavy (non-hydrogen) atoms. The predicted octanol–water partition coefficient (Wildman–Crippen LogP) is 1.94. The van der Waals surface area contributed by atoms with Crippen LogP contribution in [0.2, 0.25) is 5.02 Å². The first-order valence-corrected chi connectivity index (χ1v) is 6.49. The van der Waals surface area contributed by atoms with Crippen molar-refractivity contribution in [1.82, 2.24) is 10.3 Å². The third-order valence-electron chi connectivity index (χ3n) is 3.01. The van der Waals surface area contributed by atoms with Gasteiger partial charge in [0.25, 0.3) is 5.91 Å². The molecule has 4 N–H and O–H groups in total. The fraction of sp³-hybridized carbons (Fsp3) is 0.500. The van der Waals surface area contributed by atoms with Crippen molar-refractivity contribution in [2.24, 2.45) is 11.8 Å². The minimum absolute atomic E-state index is 0.149. The van der Waals surface area contributed by atoms with Crippen LogP contribution >= 0.6 is 11.6 Å². The number of nitrogen functional groups attached to an aromatic ring is 1. The zero-order valence-electron chi connectivity index (χ0n) is 10.1. The van der Waals surface area contributed by atoms with E-state index in [0.717, 1.165) is 12.3 Å². The second kappa shape index (κ2) is 6.02. The molecule has 98 valence electrons. The van der Waals surface area contributed by atoms with Crippen molar-refractivity contribution < 1.29 is 4.79 Å². The monoisotopic (exact) mass is 268 g/mol. The zero-order chi connectivity index (χ0) is 13.0. The number of nitrogens with one attached hydrogen (secondary N) is 2. The highest BCUT2D eigenvalue weighted by Gasteiger charge is 2.20. The molecule has 0 bridgehead atoms. The highest BCUT2D eigenvalue weighted by Crippen LogP contribution is 2.33. The van der Waals surface area contributed by atoms with Crippen LogP contribution in [0.3, 0.4) is 0 Å². The Kier molecular flexibility index (Phi) is 4.38. The molecule has 1 aromatic heterocycles. The van der Waals surface area contributed by atoms with E-state index in [1.165, 1.54) is 25.5 Å². The Hall–Kier alpha value is -1.33. The van der Waals surface area contributed by atoms with E-state index >= 15 is 0 Å². The highest BCUT2D eigenvalue weighted by atomic mass is 35.5. The maximum absolute atomic E-state index is 11.8. The number of carbonyl (C=O) groups is 1. The van der Waals surface area contributed by atoms with E-state index in [0.29, 0.717) is 22.9 Å². The van der Waals surface area contributed by atoms with E-state index < -0.39 is 0 Å². The van der Waals surface area contributed by atoms with Gasteiger partial charge >= 0.3 is 0 Å². The van der Waals surface area contributed by atoms with E-state index in [2.05, 4.69) is 15.7 Å². The van der Waals surface area contributed by atoms with Gasteiger partial charge < -0.3 is 10.7 Å².